The molecule has 1 amide bonds. The molecule has 1 N–H and O–H groups in total. The summed E-state index contributed by atoms with van der Waals surface area (Å²) in [6.07, 6.45) is 0. The molecule has 0 spiro atoms. The number of hydrogen-bond donors (Lipinski definition) is 1. The van der Waals surface area contributed by atoms with Crippen molar-refractivity contribution in [3.8, 4) is 0 Å². The van der Waals surface area contributed by atoms with Gasteiger partial charge in [-0.3, -0.25) is 9.20 Å². The molecule has 0 bridgehead atoms. The number of amides is 1. The van der Waals surface area contributed by atoms with E-state index in [9.17, 15) is 4.79 Å². The zero-order chi connectivity index (χ0) is 18.1. The van der Waals surface area contributed by atoms with Crippen molar-refractivity contribution < 1.29 is 4.79 Å². The third-order valence-electron chi connectivity index (χ3n) is 4.03. The number of anilines is 1. The number of rotatable bonds is 4. The van der Waals surface area contributed by atoms with Crippen molar-refractivity contribution in [1.29, 1.82) is 0 Å². The molecule has 0 aliphatic heterocycles. The molecule has 2 aromatic carbocycles. The largest absolute Gasteiger partial charge is 0.324 e. The summed E-state index contributed by atoms with van der Waals surface area (Å²) in [6.45, 7) is 1.84. The minimum absolute atomic E-state index is 0.139. The molecule has 7 heteroatoms. The second-order valence-corrected chi connectivity index (χ2v) is 7.51. The van der Waals surface area contributed by atoms with Gasteiger partial charge in [0.2, 0.25) is 5.91 Å². The Bertz CT molecular complexity index is 1110. The third-order valence-corrected chi connectivity index (χ3v) is 5.40. The summed E-state index contributed by atoms with van der Waals surface area (Å²) in [5.74, 6) is -0.139. The van der Waals surface area contributed by atoms with Crippen LogP contribution in [0.1, 0.15) is 6.92 Å². The first-order chi connectivity index (χ1) is 12.6. The molecule has 0 saturated heterocycles. The SMILES string of the molecule is C[C@@H](Sc1nnc2ccc3ccccc3n12)C(=O)Nc1ccccc1Cl. The summed E-state index contributed by atoms with van der Waals surface area (Å²) in [7, 11) is 0. The fourth-order valence-electron chi connectivity index (χ4n) is 2.70. The van der Waals surface area contributed by atoms with E-state index in [2.05, 4.69) is 15.5 Å². The molecule has 1 atom stereocenters. The molecule has 130 valence electrons. The molecule has 26 heavy (non-hydrogen) atoms. The highest BCUT2D eigenvalue weighted by atomic mass is 35.5. The monoisotopic (exact) mass is 382 g/mol. The van der Waals surface area contributed by atoms with E-state index >= 15 is 0 Å². The molecule has 5 nitrogen and oxygen atoms in total. The van der Waals surface area contributed by atoms with Crippen LogP contribution in [0, 0.1) is 0 Å². The molecular formula is C19H15ClN4OS. The van der Waals surface area contributed by atoms with Crippen LogP contribution in [0.3, 0.4) is 0 Å². The summed E-state index contributed by atoms with van der Waals surface area (Å²) in [6, 6.07) is 19.1. The lowest BCUT2D eigenvalue weighted by atomic mass is 10.2. The average molecular weight is 383 g/mol. The Morgan fingerprint density at radius 3 is 2.69 bits per heavy atom. The van der Waals surface area contributed by atoms with Gasteiger partial charge in [0, 0.05) is 0 Å². The maximum absolute atomic E-state index is 12.5. The molecule has 4 aromatic rings. The van der Waals surface area contributed by atoms with Gasteiger partial charge in [-0.2, -0.15) is 0 Å². The van der Waals surface area contributed by atoms with E-state index in [1.807, 2.05) is 59.9 Å². The molecular weight excluding hydrogens is 368 g/mol. The number of nitrogens with one attached hydrogen (secondary N) is 1. The quantitative estimate of drug-likeness (QED) is 0.522. The molecule has 2 heterocycles. The van der Waals surface area contributed by atoms with Crippen molar-refractivity contribution in [1.82, 2.24) is 14.6 Å². The van der Waals surface area contributed by atoms with E-state index in [-0.39, 0.29) is 11.2 Å². The molecule has 0 unspecified atom stereocenters. The van der Waals surface area contributed by atoms with Gasteiger partial charge in [-0.05, 0) is 42.6 Å². The van der Waals surface area contributed by atoms with Crippen molar-refractivity contribution in [3.63, 3.8) is 0 Å². The first-order valence-electron chi connectivity index (χ1n) is 8.08. The zero-order valence-corrected chi connectivity index (χ0v) is 15.5. The third kappa shape index (κ3) is 3.13. The van der Waals surface area contributed by atoms with Gasteiger partial charge in [-0.15, -0.1) is 10.2 Å². The normalized spacial score (nSPS) is 12.4. The minimum atomic E-state index is -0.363. The number of thioether (sulfide) groups is 1. The Kier molecular flexibility index (Phi) is 4.53. The maximum Gasteiger partial charge on any atom is 0.237 e. The van der Waals surface area contributed by atoms with Gasteiger partial charge in [0.05, 0.1) is 21.5 Å². The van der Waals surface area contributed by atoms with Gasteiger partial charge in [-0.1, -0.05) is 53.7 Å². The number of carbonyl (C=O) groups is 1. The molecule has 2 aromatic heterocycles. The molecule has 0 aliphatic rings. The lowest BCUT2D eigenvalue weighted by Crippen LogP contribution is -2.22. The molecule has 4 rings (SSSR count). The van der Waals surface area contributed by atoms with Crippen LogP contribution < -0.4 is 5.32 Å². The number of aromatic nitrogens is 3. The number of hydrogen-bond acceptors (Lipinski definition) is 4. The van der Waals surface area contributed by atoms with Crippen molar-refractivity contribution >= 4 is 51.5 Å². The number of pyridine rings is 1. The van der Waals surface area contributed by atoms with Crippen molar-refractivity contribution in [2.75, 3.05) is 5.32 Å². The van der Waals surface area contributed by atoms with Gasteiger partial charge in [0.1, 0.15) is 0 Å². The van der Waals surface area contributed by atoms with Crippen LogP contribution in [-0.2, 0) is 4.79 Å². The zero-order valence-electron chi connectivity index (χ0n) is 13.9. The number of benzene rings is 2. The van der Waals surface area contributed by atoms with Gasteiger partial charge in [0.25, 0.3) is 0 Å². The Morgan fingerprint density at radius 1 is 1.08 bits per heavy atom. The number of fused-ring (bicyclic) bond motifs is 3. The van der Waals surface area contributed by atoms with E-state index in [1.165, 1.54) is 11.8 Å². The van der Waals surface area contributed by atoms with E-state index in [4.69, 9.17) is 11.6 Å². The fraction of sp³-hybridized carbons (Fsp3) is 0.105. The Hall–Kier alpha value is -2.57. The minimum Gasteiger partial charge on any atom is -0.324 e. The van der Waals surface area contributed by atoms with Gasteiger partial charge in [0.15, 0.2) is 10.8 Å². The van der Waals surface area contributed by atoms with Crippen LogP contribution >= 0.6 is 23.4 Å². The summed E-state index contributed by atoms with van der Waals surface area (Å²) in [5, 5.41) is 13.3. The van der Waals surface area contributed by atoms with Crippen molar-refractivity contribution in [3.05, 3.63) is 65.7 Å². The number of para-hydroxylation sites is 2. The highest BCUT2D eigenvalue weighted by Crippen LogP contribution is 2.27. The maximum atomic E-state index is 12.5. The molecule has 0 saturated carbocycles. The van der Waals surface area contributed by atoms with Crippen LogP contribution in [0.2, 0.25) is 5.02 Å². The highest BCUT2D eigenvalue weighted by molar-refractivity contribution is 8.00. The summed E-state index contributed by atoms with van der Waals surface area (Å²) < 4.78 is 1.97. The lowest BCUT2D eigenvalue weighted by molar-refractivity contribution is -0.115. The van der Waals surface area contributed by atoms with Gasteiger partial charge < -0.3 is 5.32 Å². The predicted molar refractivity (Wildman–Crippen MR) is 106 cm³/mol. The van der Waals surface area contributed by atoms with E-state index in [1.54, 1.807) is 12.1 Å². The smallest absolute Gasteiger partial charge is 0.237 e. The van der Waals surface area contributed by atoms with E-state index in [0.29, 0.717) is 15.9 Å². The van der Waals surface area contributed by atoms with E-state index < -0.39 is 0 Å². The molecule has 0 radical (unpaired) electrons. The second kappa shape index (κ2) is 6.97. The van der Waals surface area contributed by atoms with Crippen LogP contribution in [0.4, 0.5) is 5.69 Å². The van der Waals surface area contributed by atoms with Crippen LogP contribution in [0.25, 0.3) is 16.6 Å². The Balaban J connectivity index is 1.61. The fourth-order valence-corrected chi connectivity index (χ4v) is 3.75. The number of halogens is 1. The van der Waals surface area contributed by atoms with Gasteiger partial charge >= 0.3 is 0 Å². The summed E-state index contributed by atoms with van der Waals surface area (Å²) in [4.78, 5) is 12.5. The van der Waals surface area contributed by atoms with Crippen molar-refractivity contribution in [2.24, 2.45) is 0 Å². The van der Waals surface area contributed by atoms with Crippen LogP contribution in [0.5, 0.6) is 0 Å². The lowest BCUT2D eigenvalue weighted by Gasteiger charge is -2.12. The van der Waals surface area contributed by atoms with Crippen LogP contribution in [-0.4, -0.2) is 25.8 Å². The van der Waals surface area contributed by atoms with Gasteiger partial charge in [-0.25, -0.2) is 0 Å². The van der Waals surface area contributed by atoms with Crippen LogP contribution in [0.15, 0.2) is 65.8 Å². The number of carbonyl (C=O) groups excluding carboxylic acids is 1. The molecule has 0 aliphatic carbocycles. The Labute approximate surface area is 159 Å². The summed E-state index contributed by atoms with van der Waals surface area (Å²) >= 11 is 7.47. The summed E-state index contributed by atoms with van der Waals surface area (Å²) in [5.41, 5.74) is 2.37. The topological polar surface area (TPSA) is 59.3 Å². The molecule has 0 fully saturated rings. The Morgan fingerprint density at radius 2 is 1.85 bits per heavy atom. The highest BCUT2D eigenvalue weighted by Gasteiger charge is 2.19. The predicted octanol–water partition coefficient (Wildman–Crippen LogP) is 4.66. The standard InChI is InChI=1S/C19H15ClN4OS/c1-12(18(25)21-15-8-4-3-7-14(15)20)26-19-23-22-17-11-10-13-6-2-5-9-16(13)24(17)19/h2-12H,1H3,(H,21,25)/t12-/m1/s1. The van der Waals surface area contributed by atoms with Crippen molar-refractivity contribution in [2.45, 2.75) is 17.3 Å². The average Bonchev–Trinajstić information content (AvgIpc) is 3.07. The number of nitrogens with zero attached hydrogens (tertiary/aromatic N) is 3. The first-order valence-corrected chi connectivity index (χ1v) is 9.34. The van der Waals surface area contributed by atoms with E-state index in [0.717, 1.165) is 16.6 Å². The second-order valence-electron chi connectivity index (χ2n) is 5.80. The first kappa shape index (κ1) is 16.9.